The lowest BCUT2D eigenvalue weighted by atomic mass is 9.79. The fourth-order valence-electron chi connectivity index (χ4n) is 3.61. The van der Waals surface area contributed by atoms with Gasteiger partial charge in [-0.2, -0.15) is 0 Å². The van der Waals surface area contributed by atoms with Gasteiger partial charge < -0.3 is 15.0 Å². The molecule has 4 rings (SSSR count). The van der Waals surface area contributed by atoms with Gasteiger partial charge in [-0.15, -0.1) is 0 Å². The Morgan fingerprint density at radius 1 is 1.25 bits per heavy atom. The minimum absolute atomic E-state index is 0.0385. The first-order chi connectivity index (χ1) is 13.4. The number of aliphatic imine (C=N–C) groups is 1. The Bertz CT molecular complexity index is 955. The molecule has 5 nitrogen and oxygen atoms in total. The summed E-state index contributed by atoms with van der Waals surface area (Å²) in [6, 6.07) is 13.4. The Morgan fingerprint density at radius 3 is 2.82 bits per heavy atom. The molecule has 0 amide bonds. The minimum Gasteiger partial charge on any atom is -0.454 e. The van der Waals surface area contributed by atoms with Gasteiger partial charge in [-0.3, -0.25) is 4.79 Å². The lowest BCUT2D eigenvalue weighted by Crippen LogP contribution is -2.59. The van der Waals surface area contributed by atoms with Crippen LogP contribution in [-0.2, 0) is 4.79 Å². The van der Waals surface area contributed by atoms with E-state index in [-0.39, 0.29) is 11.8 Å². The summed E-state index contributed by atoms with van der Waals surface area (Å²) in [6.45, 7) is 7.93. The van der Waals surface area contributed by atoms with Crippen LogP contribution >= 0.6 is 11.6 Å². The number of ether oxygens (including phenoxy) is 1. The van der Waals surface area contributed by atoms with Gasteiger partial charge in [0.15, 0.2) is 5.75 Å². The molecule has 2 aromatic carbocycles. The molecule has 1 fully saturated rings. The lowest BCUT2D eigenvalue weighted by molar-refractivity contribution is -0.126. The topological polar surface area (TPSA) is 53.9 Å². The molecule has 6 heteroatoms. The molecule has 0 spiro atoms. The van der Waals surface area contributed by atoms with Crippen LogP contribution in [0.5, 0.6) is 11.5 Å². The predicted octanol–water partition coefficient (Wildman–Crippen LogP) is 4.41. The maximum absolute atomic E-state index is 12.2. The zero-order valence-corrected chi connectivity index (χ0v) is 17.1. The van der Waals surface area contributed by atoms with E-state index in [0.717, 1.165) is 30.2 Å². The van der Waals surface area contributed by atoms with Crippen LogP contribution in [0.2, 0.25) is 5.02 Å². The highest BCUT2D eigenvalue weighted by molar-refractivity contribution is 6.31. The summed E-state index contributed by atoms with van der Waals surface area (Å²) in [7, 11) is 0. The van der Waals surface area contributed by atoms with Crippen molar-refractivity contribution in [3.63, 3.8) is 0 Å². The number of rotatable bonds is 2. The molecule has 0 aliphatic carbocycles. The van der Waals surface area contributed by atoms with Crippen molar-refractivity contribution in [2.45, 2.75) is 26.8 Å². The quantitative estimate of drug-likeness (QED) is 0.815. The van der Waals surface area contributed by atoms with Gasteiger partial charge >= 0.3 is 0 Å². The number of para-hydroxylation sites is 1. The van der Waals surface area contributed by atoms with Crippen molar-refractivity contribution in [2.75, 3.05) is 19.6 Å². The van der Waals surface area contributed by atoms with Gasteiger partial charge in [0.2, 0.25) is 0 Å². The second-order valence-corrected chi connectivity index (χ2v) is 8.31. The van der Waals surface area contributed by atoms with E-state index >= 15 is 0 Å². The number of benzene rings is 2. The molecule has 0 unspecified atom stereocenters. The van der Waals surface area contributed by atoms with Crippen molar-refractivity contribution in [2.24, 2.45) is 10.4 Å². The van der Waals surface area contributed by atoms with E-state index in [0.29, 0.717) is 23.0 Å². The summed E-state index contributed by atoms with van der Waals surface area (Å²) in [6.07, 6.45) is 0. The van der Waals surface area contributed by atoms with Gasteiger partial charge in [0.05, 0.1) is 5.56 Å². The number of amidine groups is 1. The molecule has 1 N–H and O–H groups in total. The van der Waals surface area contributed by atoms with Crippen molar-refractivity contribution in [1.82, 2.24) is 10.2 Å². The lowest BCUT2D eigenvalue weighted by Gasteiger charge is -2.42. The van der Waals surface area contributed by atoms with E-state index in [1.807, 2.05) is 50.2 Å². The fourth-order valence-corrected chi connectivity index (χ4v) is 3.78. The van der Waals surface area contributed by atoms with Gasteiger partial charge in [0, 0.05) is 36.1 Å². The van der Waals surface area contributed by atoms with Crippen LogP contribution in [-0.4, -0.2) is 42.2 Å². The molecule has 1 atom stereocenters. The molecular weight excluding hydrogens is 374 g/mol. The predicted molar refractivity (Wildman–Crippen MR) is 112 cm³/mol. The van der Waals surface area contributed by atoms with E-state index in [1.54, 1.807) is 13.0 Å². The molecular formula is C22H24ClN3O2. The van der Waals surface area contributed by atoms with Crippen LogP contribution in [0, 0.1) is 5.41 Å². The first-order valence-electron chi connectivity index (χ1n) is 9.51. The number of nitrogens with one attached hydrogen (secondary N) is 1. The summed E-state index contributed by atoms with van der Waals surface area (Å²) in [5, 5.41) is 4.13. The van der Waals surface area contributed by atoms with E-state index in [4.69, 9.17) is 21.3 Å². The van der Waals surface area contributed by atoms with Gasteiger partial charge in [-0.05, 0) is 37.3 Å². The number of fused-ring (bicyclic) bond motifs is 2. The molecule has 2 heterocycles. The molecule has 0 saturated carbocycles. The van der Waals surface area contributed by atoms with Crippen molar-refractivity contribution in [3.05, 3.63) is 53.1 Å². The highest BCUT2D eigenvalue weighted by Crippen LogP contribution is 2.39. The van der Waals surface area contributed by atoms with Crippen LogP contribution in [0.4, 0.5) is 5.69 Å². The Balaban J connectivity index is 1.77. The van der Waals surface area contributed by atoms with Crippen molar-refractivity contribution in [3.8, 4) is 11.5 Å². The van der Waals surface area contributed by atoms with E-state index in [9.17, 15) is 4.79 Å². The van der Waals surface area contributed by atoms with Crippen molar-refractivity contribution in [1.29, 1.82) is 0 Å². The second-order valence-electron chi connectivity index (χ2n) is 7.88. The SMILES string of the molecule is CC(=O)C(C)(C)[C@@H]1CN(C2=Nc3cc(Cl)ccc3Oc3ccccc32)CCN1. The highest BCUT2D eigenvalue weighted by atomic mass is 35.5. The molecule has 2 aliphatic rings. The third-order valence-corrected chi connectivity index (χ3v) is 5.98. The third kappa shape index (κ3) is 3.40. The summed E-state index contributed by atoms with van der Waals surface area (Å²) in [5.41, 5.74) is 1.19. The monoisotopic (exact) mass is 397 g/mol. The van der Waals surface area contributed by atoms with E-state index in [1.165, 1.54) is 0 Å². The van der Waals surface area contributed by atoms with Gasteiger partial charge in [0.25, 0.3) is 0 Å². The van der Waals surface area contributed by atoms with Gasteiger partial charge in [-0.25, -0.2) is 4.99 Å². The number of piperazine rings is 1. The number of hydrogen-bond donors (Lipinski definition) is 1. The van der Waals surface area contributed by atoms with E-state index in [2.05, 4.69) is 10.2 Å². The Kier molecular flexibility index (Phi) is 4.89. The van der Waals surface area contributed by atoms with Crippen molar-refractivity contribution < 1.29 is 9.53 Å². The zero-order valence-electron chi connectivity index (χ0n) is 16.3. The first kappa shape index (κ1) is 19.0. The van der Waals surface area contributed by atoms with Gasteiger partial charge in [-0.1, -0.05) is 37.6 Å². The molecule has 0 aromatic heterocycles. The summed E-state index contributed by atoms with van der Waals surface area (Å²) >= 11 is 6.21. The normalized spacial score (nSPS) is 19.1. The number of halogens is 1. The number of carbonyl (C=O) groups excluding carboxylic acids is 1. The molecule has 0 radical (unpaired) electrons. The molecule has 0 bridgehead atoms. The van der Waals surface area contributed by atoms with Crippen LogP contribution in [0.1, 0.15) is 26.3 Å². The summed E-state index contributed by atoms with van der Waals surface area (Å²) in [5.74, 6) is 2.48. The molecule has 1 saturated heterocycles. The summed E-state index contributed by atoms with van der Waals surface area (Å²) in [4.78, 5) is 19.4. The molecule has 2 aromatic rings. The maximum atomic E-state index is 12.2. The Labute approximate surface area is 170 Å². The number of hydrogen-bond acceptors (Lipinski definition) is 5. The van der Waals surface area contributed by atoms with Crippen molar-refractivity contribution >= 4 is 28.9 Å². The molecule has 2 aliphatic heterocycles. The van der Waals surface area contributed by atoms with Crippen LogP contribution < -0.4 is 10.1 Å². The van der Waals surface area contributed by atoms with Gasteiger partial charge in [0.1, 0.15) is 23.1 Å². The zero-order chi connectivity index (χ0) is 19.9. The smallest absolute Gasteiger partial charge is 0.153 e. The van der Waals surface area contributed by atoms with Crippen LogP contribution in [0.15, 0.2) is 47.5 Å². The number of ketones is 1. The molecule has 28 heavy (non-hydrogen) atoms. The third-order valence-electron chi connectivity index (χ3n) is 5.75. The van der Waals surface area contributed by atoms with Crippen LogP contribution in [0.3, 0.4) is 0 Å². The highest BCUT2D eigenvalue weighted by Gasteiger charge is 2.38. The van der Waals surface area contributed by atoms with Crippen LogP contribution in [0.25, 0.3) is 0 Å². The first-order valence-corrected chi connectivity index (χ1v) is 9.89. The Morgan fingerprint density at radius 2 is 2.04 bits per heavy atom. The fraction of sp³-hybridized carbons (Fsp3) is 0.364. The standard InChI is InChI=1S/C22H24ClN3O2/c1-14(27)22(2,3)20-13-26(11-10-24-20)21-16-6-4-5-7-18(16)28-19-9-8-15(23)12-17(19)25-21/h4-9,12,20,24H,10-11,13H2,1-3H3/t20-/m0/s1. The van der Waals surface area contributed by atoms with E-state index < -0.39 is 5.41 Å². The second kappa shape index (κ2) is 7.22. The average Bonchev–Trinajstić information content (AvgIpc) is 2.84. The molecule has 146 valence electrons. The number of nitrogens with zero attached hydrogens (tertiary/aromatic N) is 2. The number of Topliss-reactive ketones (excluding diaryl/α,β-unsaturated/α-hetero) is 1. The average molecular weight is 398 g/mol. The minimum atomic E-state index is -0.457. The Hall–Kier alpha value is -2.37. The summed E-state index contributed by atoms with van der Waals surface area (Å²) < 4.78 is 6.14. The number of carbonyl (C=O) groups is 1. The maximum Gasteiger partial charge on any atom is 0.153 e. The largest absolute Gasteiger partial charge is 0.454 e.